The summed E-state index contributed by atoms with van der Waals surface area (Å²) in [4.78, 5) is 28.6. The van der Waals surface area contributed by atoms with Crippen LogP contribution >= 0.6 is 0 Å². The summed E-state index contributed by atoms with van der Waals surface area (Å²) in [7, 11) is 1.30. The number of carbonyl (C=O) groups excluding carboxylic acids is 1. The summed E-state index contributed by atoms with van der Waals surface area (Å²) in [5.41, 5.74) is 1.59. The molecule has 1 aromatic carbocycles. The molecule has 0 atom stereocenters. The molecule has 0 aliphatic heterocycles. The second kappa shape index (κ2) is 4.75. The van der Waals surface area contributed by atoms with Gasteiger partial charge < -0.3 is 14.1 Å². The molecule has 0 bridgehead atoms. The Bertz CT molecular complexity index is 848. The fraction of sp³-hybridized carbons (Fsp3) is 0.0769. The van der Waals surface area contributed by atoms with Crippen LogP contribution in [0.2, 0.25) is 0 Å². The number of methoxy groups -OCH3 is 1. The first kappa shape index (κ1) is 12.9. The number of hydrogen-bond acceptors (Lipinski definition) is 6. The van der Waals surface area contributed by atoms with Crippen molar-refractivity contribution in [2.75, 3.05) is 7.11 Å². The Morgan fingerprint density at radius 1 is 1.38 bits per heavy atom. The molecule has 0 unspecified atom stereocenters. The van der Waals surface area contributed by atoms with E-state index in [0.717, 1.165) is 0 Å². The van der Waals surface area contributed by atoms with E-state index < -0.39 is 10.9 Å². The average Bonchev–Trinajstić information content (AvgIpc) is 3.11. The molecule has 0 fully saturated rings. The number of aromatic nitrogens is 2. The van der Waals surface area contributed by atoms with Crippen LogP contribution in [-0.2, 0) is 4.74 Å². The van der Waals surface area contributed by atoms with E-state index in [2.05, 4.69) is 14.7 Å². The zero-order valence-electron chi connectivity index (χ0n) is 10.8. The first-order valence-electron chi connectivity index (χ1n) is 5.91. The summed E-state index contributed by atoms with van der Waals surface area (Å²) in [6, 6.07) is 7.54. The van der Waals surface area contributed by atoms with E-state index in [9.17, 15) is 14.9 Å². The zero-order valence-corrected chi connectivity index (χ0v) is 10.8. The highest BCUT2D eigenvalue weighted by Gasteiger charge is 2.16. The van der Waals surface area contributed by atoms with Crippen molar-refractivity contribution in [1.29, 1.82) is 0 Å². The van der Waals surface area contributed by atoms with Crippen LogP contribution in [0.25, 0.3) is 22.6 Å². The van der Waals surface area contributed by atoms with E-state index >= 15 is 0 Å². The second-order valence-corrected chi connectivity index (χ2v) is 4.20. The maximum atomic E-state index is 11.5. The molecule has 1 N–H and O–H groups in total. The monoisotopic (exact) mass is 287 g/mol. The van der Waals surface area contributed by atoms with Crippen molar-refractivity contribution in [2.45, 2.75) is 0 Å². The summed E-state index contributed by atoms with van der Waals surface area (Å²) in [5, 5.41) is 10.6. The molecule has 0 spiro atoms. The summed E-state index contributed by atoms with van der Waals surface area (Å²) < 4.78 is 9.71. The third-order valence-electron chi connectivity index (χ3n) is 2.91. The number of nitrogens with zero attached hydrogens (tertiary/aromatic N) is 2. The van der Waals surface area contributed by atoms with Gasteiger partial charge in [-0.1, -0.05) is 0 Å². The van der Waals surface area contributed by atoms with Crippen LogP contribution in [0.1, 0.15) is 10.4 Å². The molecule has 0 aliphatic rings. The summed E-state index contributed by atoms with van der Waals surface area (Å²) in [6.45, 7) is 0. The number of furan rings is 1. The van der Waals surface area contributed by atoms with Crippen molar-refractivity contribution in [3.8, 4) is 11.6 Å². The molecular formula is C13H9N3O5. The maximum absolute atomic E-state index is 11.5. The van der Waals surface area contributed by atoms with Crippen molar-refractivity contribution >= 4 is 22.9 Å². The smallest absolute Gasteiger partial charge is 0.433 e. The Hall–Kier alpha value is -3.16. The lowest BCUT2D eigenvalue weighted by atomic mass is 10.2. The lowest BCUT2D eigenvalue weighted by Crippen LogP contribution is -2.00. The number of esters is 1. The SMILES string of the molecule is COC(=O)c1ccc2nc(-c3ccc([N+](=O)[O-])o3)[nH]c2c1. The Balaban J connectivity index is 2.03. The molecule has 3 aromatic rings. The lowest BCUT2D eigenvalue weighted by Gasteiger charge is -1.97. The fourth-order valence-corrected chi connectivity index (χ4v) is 1.92. The predicted molar refractivity (Wildman–Crippen MR) is 71.8 cm³/mol. The standard InChI is InChI=1S/C13H9N3O5/c1-20-13(17)7-2-3-8-9(6-7)15-12(14-8)10-4-5-11(21-10)16(18)19/h2-6H,1H3,(H,14,15). The number of benzene rings is 1. The predicted octanol–water partition coefficient (Wildman–Crippen LogP) is 2.52. The van der Waals surface area contributed by atoms with Gasteiger partial charge in [0.1, 0.15) is 4.92 Å². The molecule has 8 heteroatoms. The van der Waals surface area contributed by atoms with Crippen LogP contribution in [0.5, 0.6) is 0 Å². The topological polar surface area (TPSA) is 111 Å². The Kier molecular flexibility index (Phi) is 2.90. The molecule has 0 aliphatic carbocycles. The number of hydrogen-bond donors (Lipinski definition) is 1. The molecule has 0 radical (unpaired) electrons. The largest absolute Gasteiger partial charge is 0.465 e. The van der Waals surface area contributed by atoms with Gasteiger partial charge in [0.05, 0.1) is 29.8 Å². The summed E-state index contributed by atoms with van der Waals surface area (Å²) in [6.07, 6.45) is 0. The summed E-state index contributed by atoms with van der Waals surface area (Å²) >= 11 is 0. The number of aromatic amines is 1. The van der Waals surface area contributed by atoms with E-state index in [-0.39, 0.29) is 11.6 Å². The molecule has 2 heterocycles. The van der Waals surface area contributed by atoms with E-state index in [1.54, 1.807) is 18.2 Å². The highest BCUT2D eigenvalue weighted by atomic mass is 16.6. The first-order chi connectivity index (χ1) is 10.1. The molecule has 0 saturated heterocycles. The van der Waals surface area contributed by atoms with Crippen molar-refractivity contribution in [3.05, 3.63) is 46.0 Å². The van der Waals surface area contributed by atoms with Crippen molar-refractivity contribution in [3.63, 3.8) is 0 Å². The third kappa shape index (κ3) is 2.22. The fourth-order valence-electron chi connectivity index (χ4n) is 1.92. The number of ether oxygens (including phenoxy) is 1. The minimum absolute atomic E-state index is 0.248. The van der Waals surface area contributed by atoms with Gasteiger partial charge in [0.25, 0.3) is 0 Å². The molecule has 2 aromatic heterocycles. The van der Waals surface area contributed by atoms with Crippen LogP contribution in [0.4, 0.5) is 5.88 Å². The normalized spacial score (nSPS) is 10.7. The molecule has 106 valence electrons. The quantitative estimate of drug-likeness (QED) is 0.450. The van der Waals surface area contributed by atoms with E-state index in [1.807, 2.05) is 0 Å². The van der Waals surface area contributed by atoms with Crippen molar-refractivity contribution < 1.29 is 18.9 Å². The van der Waals surface area contributed by atoms with Gasteiger partial charge in [-0.15, -0.1) is 0 Å². The van der Waals surface area contributed by atoms with Gasteiger partial charge in [0.2, 0.25) is 0 Å². The van der Waals surface area contributed by atoms with E-state index in [0.29, 0.717) is 22.4 Å². The van der Waals surface area contributed by atoms with Gasteiger partial charge in [-0.25, -0.2) is 9.78 Å². The number of nitrogens with one attached hydrogen (secondary N) is 1. The minimum atomic E-state index is -0.623. The van der Waals surface area contributed by atoms with Crippen LogP contribution in [0.3, 0.4) is 0 Å². The molecule has 8 nitrogen and oxygen atoms in total. The number of nitro groups is 1. The third-order valence-corrected chi connectivity index (χ3v) is 2.91. The Morgan fingerprint density at radius 2 is 2.19 bits per heavy atom. The molecule has 0 saturated carbocycles. The average molecular weight is 287 g/mol. The van der Waals surface area contributed by atoms with Crippen molar-refractivity contribution in [2.24, 2.45) is 0 Å². The van der Waals surface area contributed by atoms with Gasteiger partial charge >= 0.3 is 11.9 Å². The van der Waals surface area contributed by atoms with E-state index in [1.165, 1.54) is 19.2 Å². The first-order valence-corrected chi connectivity index (χ1v) is 5.91. The van der Waals surface area contributed by atoms with Gasteiger partial charge in [-0.3, -0.25) is 10.1 Å². The number of rotatable bonds is 3. The highest BCUT2D eigenvalue weighted by molar-refractivity contribution is 5.94. The number of imidazole rings is 1. The number of fused-ring (bicyclic) bond motifs is 1. The van der Waals surface area contributed by atoms with Gasteiger partial charge in [0, 0.05) is 0 Å². The lowest BCUT2D eigenvalue weighted by molar-refractivity contribution is -0.401. The van der Waals surface area contributed by atoms with Crippen molar-refractivity contribution in [1.82, 2.24) is 9.97 Å². The Morgan fingerprint density at radius 3 is 2.86 bits per heavy atom. The molecular weight excluding hydrogens is 278 g/mol. The zero-order chi connectivity index (χ0) is 15.0. The van der Waals surface area contributed by atoms with Crippen LogP contribution in [0, 0.1) is 10.1 Å². The molecule has 0 amide bonds. The second-order valence-electron chi connectivity index (χ2n) is 4.20. The van der Waals surface area contributed by atoms with Gasteiger partial charge in [0.15, 0.2) is 11.6 Å². The number of H-pyrrole nitrogens is 1. The van der Waals surface area contributed by atoms with Crippen LogP contribution in [-0.4, -0.2) is 28.0 Å². The van der Waals surface area contributed by atoms with Crippen LogP contribution < -0.4 is 0 Å². The Labute approximate surface area is 117 Å². The van der Waals surface area contributed by atoms with E-state index in [4.69, 9.17) is 4.42 Å². The highest BCUT2D eigenvalue weighted by Crippen LogP contribution is 2.26. The van der Waals surface area contributed by atoms with Gasteiger partial charge in [-0.2, -0.15) is 0 Å². The van der Waals surface area contributed by atoms with Crippen LogP contribution in [0.15, 0.2) is 34.7 Å². The summed E-state index contributed by atoms with van der Waals surface area (Å²) in [5.74, 6) is -0.222. The molecule has 3 rings (SSSR count). The maximum Gasteiger partial charge on any atom is 0.433 e. The number of carbonyl (C=O) groups is 1. The minimum Gasteiger partial charge on any atom is -0.465 e. The molecule has 21 heavy (non-hydrogen) atoms. The van der Waals surface area contributed by atoms with Gasteiger partial charge in [-0.05, 0) is 24.3 Å².